The SMILES string of the molecule is C[C@@H]1CC[C@@H]([C@@]2(C)CCC(=O)O2)C[C@@H]1O. The first-order valence-electron chi connectivity index (χ1n) is 5.91. The van der Waals surface area contributed by atoms with Crippen LogP contribution < -0.4 is 0 Å². The van der Waals surface area contributed by atoms with Gasteiger partial charge in [0.25, 0.3) is 0 Å². The number of cyclic esters (lactones) is 1. The molecule has 0 unspecified atom stereocenters. The molecule has 2 aliphatic rings. The third kappa shape index (κ3) is 2.03. The summed E-state index contributed by atoms with van der Waals surface area (Å²) in [7, 11) is 0. The van der Waals surface area contributed by atoms with Gasteiger partial charge in [-0.2, -0.15) is 0 Å². The molecule has 2 rings (SSSR count). The number of rotatable bonds is 1. The van der Waals surface area contributed by atoms with Gasteiger partial charge in [-0.15, -0.1) is 0 Å². The van der Waals surface area contributed by atoms with Crippen LogP contribution in [0, 0.1) is 11.8 Å². The van der Waals surface area contributed by atoms with Gasteiger partial charge in [0.05, 0.1) is 6.10 Å². The van der Waals surface area contributed by atoms with E-state index in [0.717, 1.165) is 25.7 Å². The average Bonchev–Trinajstić information content (AvgIpc) is 2.52. The van der Waals surface area contributed by atoms with Crippen molar-refractivity contribution in [3.05, 3.63) is 0 Å². The van der Waals surface area contributed by atoms with Crippen molar-refractivity contribution < 1.29 is 14.6 Å². The van der Waals surface area contributed by atoms with E-state index in [1.165, 1.54) is 0 Å². The lowest BCUT2D eigenvalue weighted by atomic mass is 9.72. The van der Waals surface area contributed by atoms with Crippen molar-refractivity contribution in [3.63, 3.8) is 0 Å². The van der Waals surface area contributed by atoms with Gasteiger partial charge in [0, 0.05) is 12.3 Å². The van der Waals surface area contributed by atoms with E-state index in [2.05, 4.69) is 6.92 Å². The number of carbonyl (C=O) groups excluding carboxylic acids is 1. The standard InChI is InChI=1S/C12H20O3/c1-8-3-4-9(7-10(8)13)12(2)6-5-11(14)15-12/h8-10,13H,3-7H2,1-2H3/t8-,9-,10+,12-/m1/s1. The first-order valence-corrected chi connectivity index (χ1v) is 5.91. The molecule has 0 aromatic carbocycles. The normalized spacial score (nSPS) is 46.6. The van der Waals surface area contributed by atoms with Crippen LogP contribution in [-0.2, 0) is 9.53 Å². The Morgan fingerprint density at radius 3 is 2.73 bits per heavy atom. The molecule has 1 heterocycles. The van der Waals surface area contributed by atoms with E-state index in [1.54, 1.807) is 0 Å². The van der Waals surface area contributed by atoms with E-state index in [1.807, 2.05) is 6.92 Å². The molecule has 0 amide bonds. The van der Waals surface area contributed by atoms with Gasteiger partial charge in [0.15, 0.2) is 0 Å². The van der Waals surface area contributed by atoms with Crippen LogP contribution in [0.4, 0.5) is 0 Å². The Morgan fingerprint density at radius 1 is 1.47 bits per heavy atom. The molecule has 1 aliphatic heterocycles. The molecule has 2 fully saturated rings. The van der Waals surface area contributed by atoms with Crippen molar-refractivity contribution in [1.82, 2.24) is 0 Å². The summed E-state index contributed by atoms with van der Waals surface area (Å²) in [5.74, 6) is 0.655. The summed E-state index contributed by atoms with van der Waals surface area (Å²) in [6.45, 7) is 4.11. The Balaban J connectivity index is 2.02. The second kappa shape index (κ2) is 3.78. The largest absolute Gasteiger partial charge is 0.459 e. The summed E-state index contributed by atoms with van der Waals surface area (Å²) >= 11 is 0. The van der Waals surface area contributed by atoms with E-state index >= 15 is 0 Å². The quantitative estimate of drug-likeness (QED) is 0.675. The smallest absolute Gasteiger partial charge is 0.306 e. The monoisotopic (exact) mass is 212 g/mol. The molecule has 1 aliphatic carbocycles. The van der Waals surface area contributed by atoms with Gasteiger partial charge >= 0.3 is 5.97 Å². The molecule has 0 aromatic rings. The molecule has 3 heteroatoms. The van der Waals surface area contributed by atoms with Crippen LogP contribution in [0.3, 0.4) is 0 Å². The molecule has 15 heavy (non-hydrogen) atoms. The lowest BCUT2D eigenvalue weighted by molar-refractivity contribution is -0.154. The zero-order valence-electron chi connectivity index (χ0n) is 9.53. The number of carbonyl (C=O) groups is 1. The van der Waals surface area contributed by atoms with Crippen LogP contribution in [0.15, 0.2) is 0 Å². The van der Waals surface area contributed by atoms with Crippen LogP contribution in [0.25, 0.3) is 0 Å². The van der Waals surface area contributed by atoms with E-state index in [-0.39, 0.29) is 17.7 Å². The zero-order valence-corrected chi connectivity index (χ0v) is 9.53. The lowest BCUT2D eigenvalue weighted by Gasteiger charge is -2.39. The number of aliphatic hydroxyl groups excluding tert-OH is 1. The van der Waals surface area contributed by atoms with E-state index in [4.69, 9.17) is 4.74 Å². The molecule has 0 bridgehead atoms. The summed E-state index contributed by atoms with van der Waals surface area (Å²) in [5.41, 5.74) is -0.307. The van der Waals surface area contributed by atoms with Crippen molar-refractivity contribution in [1.29, 1.82) is 0 Å². The lowest BCUT2D eigenvalue weighted by Crippen LogP contribution is -2.41. The van der Waals surface area contributed by atoms with E-state index < -0.39 is 0 Å². The average molecular weight is 212 g/mol. The molecular weight excluding hydrogens is 192 g/mol. The Kier molecular flexibility index (Phi) is 2.75. The van der Waals surface area contributed by atoms with Gasteiger partial charge < -0.3 is 9.84 Å². The first-order chi connectivity index (χ1) is 7.01. The second-order valence-electron chi connectivity index (χ2n) is 5.34. The highest BCUT2D eigenvalue weighted by atomic mass is 16.6. The maximum absolute atomic E-state index is 11.2. The first kappa shape index (κ1) is 10.9. The van der Waals surface area contributed by atoms with Crippen molar-refractivity contribution in [2.75, 3.05) is 0 Å². The summed E-state index contributed by atoms with van der Waals surface area (Å²) in [6, 6.07) is 0. The molecule has 3 nitrogen and oxygen atoms in total. The van der Waals surface area contributed by atoms with Gasteiger partial charge in [-0.05, 0) is 38.5 Å². The molecule has 1 N–H and O–H groups in total. The minimum atomic E-state index is -0.307. The fourth-order valence-corrected chi connectivity index (χ4v) is 2.85. The predicted molar refractivity (Wildman–Crippen MR) is 56.2 cm³/mol. The van der Waals surface area contributed by atoms with Crippen LogP contribution in [0.5, 0.6) is 0 Å². The van der Waals surface area contributed by atoms with Crippen molar-refractivity contribution in [2.45, 2.75) is 57.7 Å². The van der Waals surface area contributed by atoms with Gasteiger partial charge in [-0.3, -0.25) is 4.79 Å². The van der Waals surface area contributed by atoms with Crippen molar-refractivity contribution in [3.8, 4) is 0 Å². The van der Waals surface area contributed by atoms with Crippen LogP contribution >= 0.6 is 0 Å². The summed E-state index contributed by atoms with van der Waals surface area (Å²) in [6.07, 6.45) is 4.03. The fraction of sp³-hybridized carbons (Fsp3) is 0.917. The maximum Gasteiger partial charge on any atom is 0.306 e. The predicted octanol–water partition coefficient (Wildman–Crippen LogP) is 1.88. The number of hydrogen-bond acceptors (Lipinski definition) is 3. The number of aliphatic hydroxyl groups is 1. The van der Waals surface area contributed by atoms with Crippen LogP contribution in [0.2, 0.25) is 0 Å². The highest BCUT2D eigenvalue weighted by Gasteiger charge is 2.45. The number of ether oxygens (including phenoxy) is 1. The third-order valence-corrected chi connectivity index (χ3v) is 4.19. The molecular formula is C12H20O3. The fourth-order valence-electron chi connectivity index (χ4n) is 2.85. The van der Waals surface area contributed by atoms with Gasteiger partial charge in [-0.25, -0.2) is 0 Å². The summed E-state index contributed by atoms with van der Waals surface area (Å²) in [4.78, 5) is 11.2. The Morgan fingerprint density at radius 2 is 2.20 bits per heavy atom. The zero-order chi connectivity index (χ0) is 11.1. The number of esters is 1. The van der Waals surface area contributed by atoms with Crippen LogP contribution in [0.1, 0.15) is 46.0 Å². The highest BCUT2D eigenvalue weighted by molar-refractivity contribution is 5.72. The molecule has 0 aromatic heterocycles. The number of hydrogen-bond donors (Lipinski definition) is 1. The Labute approximate surface area is 90.8 Å². The van der Waals surface area contributed by atoms with Gasteiger partial charge in [0.1, 0.15) is 5.60 Å². The van der Waals surface area contributed by atoms with Crippen LogP contribution in [-0.4, -0.2) is 22.8 Å². The molecule has 86 valence electrons. The van der Waals surface area contributed by atoms with E-state index in [0.29, 0.717) is 18.3 Å². The maximum atomic E-state index is 11.2. The molecule has 4 atom stereocenters. The Bertz CT molecular complexity index is 264. The molecule has 1 saturated carbocycles. The summed E-state index contributed by atoms with van der Waals surface area (Å²) < 4.78 is 5.42. The van der Waals surface area contributed by atoms with E-state index in [9.17, 15) is 9.90 Å². The third-order valence-electron chi connectivity index (χ3n) is 4.19. The molecule has 1 saturated heterocycles. The van der Waals surface area contributed by atoms with Crippen molar-refractivity contribution >= 4 is 5.97 Å². The molecule has 0 spiro atoms. The minimum Gasteiger partial charge on any atom is -0.459 e. The topological polar surface area (TPSA) is 46.5 Å². The van der Waals surface area contributed by atoms with Crippen molar-refractivity contribution in [2.24, 2.45) is 11.8 Å². The minimum absolute atomic E-state index is 0.0781. The summed E-state index contributed by atoms with van der Waals surface area (Å²) in [5, 5.41) is 9.85. The Hall–Kier alpha value is -0.570. The van der Waals surface area contributed by atoms with Gasteiger partial charge in [-0.1, -0.05) is 6.92 Å². The van der Waals surface area contributed by atoms with Gasteiger partial charge in [0.2, 0.25) is 0 Å². The molecule has 0 radical (unpaired) electrons. The highest BCUT2D eigenvalue weighted by Crippen LogP contribution is 2.42. The second-order valence-corrected chi connectivity index (χ2v) is 5.34.